The number of aliphatic carboxylic acids is 1. The topological polar surface area (TPSA) is 79.5 Å². The summed E-state index contributed by atoms with van der Waals surface area (Å²) < 4.78 is 4.87. The van der Waals surface area contributed by atoms with Crippen molar-refractivity contribution in [3.05, 3.63) is 24.2 Å². The molecule has 0 saturated carbocycles. The van der Waals surface area contributed by atoms with Gasteiger partial charge in [0.15, 0.2) is 0 Å². The van der Waals surface area contributed by atoms with Gasteiger partial charge in [-0.05, 0) is 25.0 Å². The lowest BCUT2D eigenvalue weighted by atomic mass is 10.1. The van der Waals surface area contributed by atoms with E-state index >= 15 is 0 Å². The Morgan fingerprint density at radius 3 is 2.88 bits per heavy atom. The van der Waals surface area contributed by atoms with Crippen LogP contribution in [0, 0.1) is 0 Å². The molecule has 16 heavy (non-hydrogen) atoms. The summed E-state index contributed by atoms with van der Waals surface area (Å²) in [5.74, 6) is -1.06. The molecule has 1 heterocycles. The first-order valence-corrected chi connectivity index (χ1v) is 5.10. The third-order valence-corrected chi connectivity index (χ3v) is 2.11. The van der Waals surface area contributed by atoms with Crippen LogP contribution in [0.5, 0.6) is 0 Å². The van der Waals surface area contributed by atoms with E-state index < -0.39 is 5.97 Å². The molecule has 0 aliphatic carbocycles. The van der Waals surface area contributed by atoms with Crippen LogP contribution in [0.25, 0.3) is 0 Å². The number of hydrogen-bond acceptors (Lipinski definition) is 3. The van der Waals surface area contributed by atoms with E-state index in [-0.39, 0.29) is 18.4 Å². The number of hydrogen-bond donors (Lipinski definition) is 2. The van der Waals surface area contributed by atoms with Crippen molar-refractivity contribution >= 4 is 11.9 Å². The van der Waals surface area contributed by atoms with E-state index in [1.807, 2.05) is 0 Å². The SMILES string of the molecule is CC(CC(=O)O)NC(=O)CCc1ccoc1. The number of carboxylic acid groups (broad SMARTS) is 1. The van der Waals surface area contributed by atoms with E-state index in [9.17, 15) is 9.59 Å². The van der Waals surface area contributed by atoms with Crippen LogP contribution in [-0.4, -0.2) is 23.0 Å². The van der Waals surface area contributed by atoms with Crippen LogP contribution in [0.15, 0.2) is 23.0 Å². The summed E-state index contributed by atoms with van der Waals surface area (Å²) in [6.07, 6.45) is 4.03. The largest absolute Gasteiger partial charge is 0.481 e. The average Bonchev–Trinajstić information content (AvgIpc) is 2.65. The molecule has 5 nitrogen and oxygen atoms in total. The number of furan rings is 1. The highest BCUT2D eigenvalue weighted by atomic mass is 16.4. The summed E-state index contributed by atoms with van der Waals surface area (Å²) in [6, 6.07) is 1.46. The molecule has 0 fully saturated rings. The van der Waals surface area contributed by atoms with Crippen molar-refractivity contribution in [2.24, 2.45) is 0 Å². The van der Waals surface area contributed by atoms with Crippen molar-refractivity contribution < 1.29 is 19.1 Å². The number of aryl methyl sites for hydroxylation is 1. The second kappa shape index (κ2) is 5.95. The third kappa shape index (κ3) is 4.63. The lowest BCUT2D eigenvalue weighted by Gasteiger charge is -2.10. The normalized spacial score (nSPS) is 12.1. The highest BCUT2D eigenvalue weighted by molar-refractivity contribution is 5.77. The van der Waals surface area contributed by atoms with Gasteiger partial charge in [-0.2, -0.15) is 0 Å². The molecule has 5 heteroatoms. The van der Waals surface area contributed by atoms with Crippen LogP contribution in [0.4, 0.5) is 0 Å². The lowest BCUT2D eigenvalue weighted by Crippen LogP contribution is -2.34. The number of rotatable bonds is 6. The summed E-state index contributed by atoms with van der Waals surface area (Å²) in [7, 11) is 0. The monoisotopic (exact) mass is 225 g/mol. The molecule has 88 valence electrons. The van der Waals surface area contributed by atoms with Crippen molar-refractivity contribution in [3.63, 3.8) is 0 Å². The number of amides is 1. The highest BCUT2D eigenvalue weighted by Gasteiger charge is 2.10. The fourth-order valence-corrected chi connectivity index (χ4v) is 1.35. The number of carbonyl (C=O) groups excluding carboxylic acids is 1. The van der Waals surface area contributed by atoms with Crippen molar-refractivity contribution in [2.45, 2.75) is 32.2 Å². The van der Waals surface area contributed by atoms with E-state index in [1.54, 1.807) is 25.5 Å². The minimum atomic E-state index is -0.914. The molecular weight excluding hydrogens is 210 g/mol. The fourth-order valence-electron chi connectivity index (χ4n) is 1.35. The molecule has 1 unspecified atom stereocenters. The van der Waals surface area contributed by atoms with Crippen molar-refractivity contribution in [1.29, 1.82) is 0 Å². The molecular formula is C11H15NO4. The van der Waals surface area contributed by atoms with Gasteiger partial charge in [-0.25, -0.2) is 0 Å². The van der Waals surface area contributed by atoms with E-state index in [1.165, 1.54) is 0 Å². The third-order valence-electron chi connectivity index (χ3n) is 2.11. The minimum absolute atomic E-state index is 0.0581. The Bertz CT molecular complexity index is 345. The maximum absolute atomic E-state index is 11.4. The molecule has 1 aromatic heterocycles. The van der Waals surface area contributed by atoms with Gasteiger partial charge in [-0.1, -0.05) is 0 Å². The molecule has 0 radical (unpaired) electrons. The van der Waals surface area contributed by atoms with E-state index in [4.69, 9.17) is 9.52 Å². The van der Waals surface area contributed by atoms with E-state index in [0.29, 0.717) is 12.8 Å². The maximum atomic E-state index is 11.4. The van der Waals surface area contributed by atoms with Crippen molar-refractivity contribution in [3.8, 4) is 0 Å². The van der Waals surface area contributed by atoms with E-state index in [0.717, 1.165) is 5.56 Å². The highest BCUT2D eigenvalue weighted by Crippen LogP contribution is 2.03. The molecule has 2 N–H and O–H groups in total. The smallest absolute Gasteiger partial charge is 0.305 e. The molecule has 0 aliphatic heterocycles. The Hall–Kier alpha value is -1.78. The zero-order valence-corrected chi connectivity index (χ0v) is 9.10. The van der Waals surface area contributed by atoms with Gasteiger partial charge in [0.25, 0.3) is 0 Å². The van der Waals surface area contributed by atoms with Crippen LogP contribution >= 0.6 is 0 Å². The summed E-state index contributed by atoms with van der Waals surface area (Å²) in [5, 5.41) is 11.1. The standard InChI is InChI=1S/C11H15NO4/c1-8(6-11(14)15)12-10(13)3-2-9-4-5-16-7-9/h4-5,7-8H,2-3,6H2,1H3,(H,12,13)(H,14,15). The number of carbonyl (C=O) groups is 2. The molecule has 1 amide bonds. The van der Waals surface area contributed by atoms with Gasteiger partial charge in [0, 0.05) is 12.5 Å². The predicted octanol–water partition coefficient (Wildman–Crippen LogP) is 1.19. The zero-order chi connectivity index (χ0) is 12.0. The Labute approximate surface area is 93.4 Å². The van der Waals surface area contributed by atoms with Crippen LogP contribution < -0.4 is 5.32 Å². The average molecular weight is 225 g/mol. The number of carboxylic acids is 1. The van der Waals surface area contributed by atoms with Gasteiger partial charge in [-0.15, -0.1) is 0 Å². The second-order valence-corrected chi connectivity index (χ2v) is 3.70. The molecule has 0 aromatic carbocycles. The van der Waals surface area contributed by atoms with Gasteiger partial charge in [0.1, 0.15) is 0 Å². The summed E-state index contributed by atoms with van der Waals surface area (Å²) in [6.45, 7) is 1.67. The van der Waals surface area contributed by atoms with Crippen LogP contribution in [0.2, 0.25) is 0 Å². The lowest BCUT2D eigenvalue weighted by molar-refractivity contribution is -0.137. The Morgan fingerprint density at radius 2 is 2.31 bits per heavy atom. The summed E-state index contributed by atoms with van der Waals surface area (Å²) >= 11 is 0. The predicted molar refractivity (Wildman–Crippen MR) is 56.9 cm³/mol. The van der Waals surface area contributed by atoms with Crippen LogP contribution in [0.3, 0.4) is 0 Å². The first-order valence-electron chi connectivity index (χ1n) is 5.10. The van der Waals surface area contributed by atoms with Gasteiger partial charge < -0.3 is 14.8 Å². The Kier molecular flexibility index (Phi) is 4.57. The van der Waals surface area contributed by atoms with Crippen molar-refractivity contribution in [1.82, 2.24) is 5.32 Å². The number of nitrogens with one attached hydrogen (secondary N) is 1. The fraction of sp³-hybridized carbons (Fsp3) is 0.455. The van der Waals surface area contributed by atoms with Gasteiger partial charge in [0.05, 0.1) is 18.9 Å². The van der Waals surface area contributed by atoms with Crippen molar-refractivity contribution in [2.75, 3.05) is 0 Å². The minimum Gasteiger partial charge on any atom is -0.481 e. The summed E-state index contributed by atoms with van der Waals surface area (Å²) in [4.78, 5) is 21.8. The molecule has 1 atom stereocenters. The molecule has 0 aliphatic rings. The molecule has 0 saturated heterocycles. The molecule has 1 aromatic rings. The Morgan fingerprint density at radius 1 is 1.56 bits per heavy atom. The van der Waals surface area contributed by atoms with Gasteiger partial charge >= 0.3 is 5.97 Å². The van der Waals surface area contributed by atoms with Gasteiger partial charge in [-0.3, -0.25) is 9.59 Å². The Balaban J connectivity index is 2.23. The molecule has 0 spiro atoms. The second-order valence-electron chi connectivity index (χ2n) is 3.70. The van der Waals surface area contributed by atoms with Gasteiger partial charge in [0.2, 0.25) is 5.91 Å². The zero-order valence-electron chi connectivity index (χ0n) is 9.10. The maximum Gasteiger partial charge on any atom is 0.305 e. The molecule has 1 rings (SSSR count). The summed E-state index contributed by atoms with van der Waals surface area (Å²) in [5.41, 5.74) is 0.959. The van der Waals surface area contributed by atoms with Crippen LogP contribution in [0.1, 0.15) is 25.3 Å². The molecule has 0 bridgehead atoms. The first kappa shape index (κ1) is 12.3. The van der Waals surface area contributed by atoms with Crippen LogP contribution in [-0.2, 0) is 16.0 Å². The first-order chi connectivity index (χ1) is 7.58. The quantitative estimate of drug-likeness (QED) is 0.762. The van der Waals surface area contributed by atoms with E-state index in [2.05, 4.69) is 5.32 Å².